The molecule has 0 saturated carbocycles. The van der Waals surface area contributed by atoms with Crippen LogP contribution in [-0.4, -0.2) is 51.6 Å². The molecule has 1 aliphatic heterocycles. The van der Waals surface area contributed by atoms with Gasteiger partial charge in [-0.1, -0.05) is 30.3 Å². The van der Waals surface area contributed by atoms with Crippen LogP contribution in [0.15, 0.2) is 59.4 Å². The van der Waals surface area contributed by atoms with Gasteiger partial charge in [-0.15, -0.1) is 5.10 Å². The van der Waals surface area contributed by atoms with E-state index < -0.39 is 0 Å². The van der Waals surface area contributed by atoms with Gasteiger partial charge in [0.25, 0.3) is 5.56 Å². The molecule has 9 heteroatoms. The number of tetrazole rings is 1. The van der Waals surface area contributed by atoms with Crippen LogP contribution < -0.4 is 15.2 Å². The third-order valence-electron chi connectivity index (χ3n) is 6.60. The number of ether oxygens (including phenoxy) is 2. The lowest BCUT2D eigenvalue weighted by molar-refractivity contribution is -0.928. The van der Waals surface area contributed by atoms with Crippen molar-refractivity contribution in [2.45, 2.75) is 45.0 Å². The highest BCUT2D eigenvalue weighted by atomic mass is 16.5. The number of rotatable bonds is 10. The zero-order chi connectivity index (χ0) is 24.0. The van der Waals surface area contributed by atoms with E-state index in [2.05, 4.69) is 44.8 Å². The van der Waals surface area contributed by atoms with E-state index in [4.69, 9.17) is 9.47 Å². The lowest BCUT2D eigenvalue weighted by atomic mass is 10.1. The van der Waals surface area contributed by atoms with Gasteiger partial charge in [0.15, 0.2) is 0 Å². The SMILES string of the molecule is COc1ccc2cc(C[NH+](CCc3ccccc3)Cc3nnnn3C[C@@H]3CCCO3)c(=O)[nH]c2c1. The van der Waals surface area contributed by atoms with E-state index in [1.807, 2.05) is 35.0 Å². The fourth-order valence-electron chi connectivity index (χ4n) is 4.65. The van der Waals surface area contributed by atoms with Gasteiger partial charge in [0.2, 0.25) is 5.82 Å². The number of H-pyrrole nitrogens is 1. The number of pyridine rings is 1. The van der Waals surface area contributed by atoms with Crippen molar-refractivity contribution in [3.63, 3.8) is 0 Å². The first kappa shape index (κ1) is 23.2. The van der Waals surface area contributed by atoms with Crippen LogP contribution >= 0.6 is 0 Å². The van der Waals surface area contributed by atoms with Gasteiger partial charge in [0.1, 0.15) is 18.8 Å². The molecular formula is C26H31N6O3+. The molecule has 1 saturated heterocycles. The van der Waals surface area contributed by atoms with Gasteiger partial charge in [-0.05, 0) is 52.4 Å². The summed E-state index contributed by atoms with van der Waals surface area (Å²) in [6, 6.07) is 18.1. The minimum Gasteiger partial charge on any atom is -0.497 e. The van der Waals surface area contributed by atoms with E-state index in [9.17, 15) is 4.79 Å². The van der Waals surface area contributed by atoms with Crippen molar-refractivity contribution in [3.05, 3.63) is 81.9 Å². The van der Waals surface area contributed by atoms with E-state index in [0.717, 1.165) is 54.7 Å². The van der Waals surface area contributed by atoms with Crippen molar-refractivity contribution in [3.8, 4) is 5.75 Å². The first-order chi connectivity index (χ1) is 17.2. The third kappa shape index (κ3) is 5.75. The number of nitrogens with one attached hydrogen (secondary N) is 2. The topological polar surface area (TPSA) is 99.4 Å². The zero-order valence-corrected chi connectivity index (χ0v) is 19.9. The fourth-order valence-corrected chi connectivity index (χ4v) is 4.65. The average molecular weight is 476 g/mol. The average Bonchev–Trinajstić information content (AvgIpc) is 3.56. The van der Waals surface area contributed by atoms with Crippen LogP contribution in [0, 0.1) is 0 Å². The standard InChI is InChI=1S/C26H30N6O3/c1-34-22-10-9-20-14-21(26(33)27-24(20)15-22)16-31(12-11-19-6-3-2-4-7-19)18-25-28-29-30-32(25)17-23-8-5-13-35-23/h2-4,6-7,9-10,14-15,23H,5,8,11-13,16-18H2,1H3,(H,27,33)/p+1/t23-/m0/s1. The highest BCUT2D eigenvalue weighted by Gasteiger charge is 2.22. The lowest BCUT2D eigenvalue weighted by Gasteiger charge is -2.20. The summed E-state index contributed by atoms with van der Waals surface area (Å²) in [6.07, 6.45) is 3.16. The Morgan fingerprint density at radius 2 is 2.06 bits per heavy atom. The first-order valence-corrected chi connectivity index (χ1v) is 12.1. The van der Waals surface area contributed by atoms with Gasteiger partial charge < -0.3 is 19.4 Å². The molecule has 3 heterocycles. The zero-order valence-electron chi connectivity index (χ0n) is 19.9. The molecule has 1 unspecified atom stereocenters. The molecule has 0 aliphatic carbocycles. The molecule has 9 nitrogen and oxygen atoms in total. The van der Waals surface area contributed by atoms with Gasteiger partial charge in [-0.25, -0.2) is 4.68 Å². The lowest BCUT2D eigenvalue weighted by Crippen LogP contribution is -3.10. The normalized spacial score (nSPS) is 16.5. The summed E-state index contributed by atoms with van der Waals surface area (Å²) < 4.78 is 12.9. The van der Waals surface area contributed by atoms with Crippen molar-refractivity contribution in [1.29, 1.82) is 0 Å². The smallest absolute Gasteiger partial charge is 0.257 e. The maximum absolute atomic E-state index is 13.0. The molecule has 2 atom stereocenters. The highest BCUT2D eigenvalue weighted by Crippen LogP contribution is 2.18. The molecule has 1 fully saturated rings. The van der Waals surface area contributed by atoms with Crippen LogP contribution in [0.25, 0.3) is 10.9 Å². The third-order valence-corrected chi connectivity index (χ3v) is 6.60. The number of aromatic amines is 1. The summed E-state index contributed by atoms with van der Waals surface area (Å²) >= 11 is 0. The summed E-state index contributed by atoms with van der Waals surface area (Å²) in [7, 11) is 1.62. The maximum atomic E-state index is 13.0. The molecule has 0 radical (unpaired) electrons. The highest BCUT2D eigenvalue weighted by molar-refractivity contribution is 5.80. The van der Waals surface area contributed by atoms with Gasteiger partial charge in [-0.2, -0.15) is 0 Å². The van der Waals surface area contributed by atoms with Crippen LogP contribution in [0.5, 0.6) is 5.75 Å². The largest absolute Gasteiger partial charge is 0.497 e. The summed E-state index contributed by atoms with van der Waals surface area (Å²) in [5.74, 6) is 1.53. The molecule has 1 aliphatic rings. The molecule has 2 N–H and O–H groups in total. The second-order valence-corrected chi connectivity index (χ2v) is 9.08. The van der Waals surface area contributed by atoms with Gasteiger partial charge in [0, 0.05) is 19.1 Å². The van der Waals surface area contributed by atoms with Crippen LogP contribution in [0.4, 0.5) is 0 Å². The molecule has 35 heavy (non-hydrogen) atoms. The Morgan fingerprint density at radius 3 is 2.86 bits per heavy atom. The number of nitrogens with zero attached hydrogens (tertiary/aromatic N) is 4. The minimum atomic E-state index is -0.0816. The second kappa shape index (κ2) is 10.8. The number of aromatic nitrogens is 5. The van der Waals surface area contributed by atoms with Crippen LogP contribution in [0.3, 0.4) is 0 Å². The Bertz CT molecular complexity index is 1310. The van der Waals surface area contributed by atoms with Crippen LogP contribution in [-0.2, 0) is 30.8 Å². The van der Waals surface area contributed by atoms with Gasteiger partial charge in [0.05, 0.1) is 37.4 Å². The number of quaternary nitrogens is 1. The van der Waals surface area contributed by atoms with Crippen molar-refractivity contribution >= 4 is 10.9 Å². The number of fused-ring (bicyclic) bond motifs is 1. The summed E-state index contributed by atoms with van der Waals surface area (Å²) in [6.45, 7) is 3.49. The summed E-state index contributed by atoms with van der Waals surface area (Å²) in [4.78, 5) is 17.2. The second-order valence-electron chi connectivity index (χ2n) is 9.08. The molecule has 2 aromatic heterocycles. The Hall–Kier alpha value is -3.56. The predicted molar refractivity (Wildman–Crippen MR) is 131 cm³/mol. The predicted octanol–water partition coefficient (Wildman–Crippen LogP) is 1.53. The van der Waals surface area contributed by atoms with E-state index in [1.165, 1.54) is 10.5 Å². The van der Waals surface area contributed by atoms with Crippen molar-refractivity contribution in [1.82, 2.24) is 25.2 Å². The van der Waals surface area contributed by atoms with E-state index in [-0.39, 0.29) is 11.7 Å². The molecule has 5 rings (SSSR count). The molecule has 0 spiro atoms. The molecule has 2 aromatic carbocycles. The Kier molecular flexibility index (Phi) is 7.15. The molecule has 182 valence electrons. The number of hydrogen-bond acceptors (Lipinski definition) is 6. The Morgan fingerprint density at radius 1 is 1.17 bits per heavy atom. The van der Waals surface area contributed by atoms with Gasteiger partial charge in [-0.3, -0.25) is 4.79 Å². The van der Waals surface area contributed by atoms with E-state index in [0.29, 0.717) is 25.4 Å². The monoisotopic (exact) mass is 475 g/mol. The minimum absolute atomic E-state index is 0.0816. The quantitative estimate of drug-likeness (QED) is 0.361. The Labute approximate surface area is 203 Å². The molecular weight excluding hydrogens is 444 g/mol. The van der Waals surface area contributed by atoms with Crippen molar-refractivity contribution in [2.75, 3.05) is 20.3 Å². The number of benzene rings is 2. The summed E-state index contributed by atoms with van der Waals surface area (Å²) in [5.41, 5.74) is 2.69. The van der Waals surface area contributed by atoms with Crippen molar-refractivity contribution in [2.24, 2.45) is 0 Å². The van der Waals surface area contributed by atoms with Crippen LogP contribution in [0.2, 0.25) is 0 Å². The number of methoxy groups -OCH3 is 1. The molecule has 0 bridgehead atoms. The fraction of sp³-hybridized carbons (Fsp3) is 0.385. The van der Waals surface area contributed by atoms with E-state index in [1.54, 1.807) is 7.11 Å². The van der Waals surface area contributed by atoms with Crippen molar-refractivity contribution < 1.29 is 14.4 Å². The van der Waals surface area contributed by atoms with Crippen LogP contribution in [0.1, 0.15) is 29.8 Å². The molecule has 4 aromatic rings. The number of hydrogen-bond donors (Lipinski definition) is 2. The molecule has 0 amide bonds. The van der Waals surface area contributed by atoms with E-state index >= 15 is 0 Å². The summed E-state index contributed by atoms with van der Waals surface area (Å²) in [5, 5.41) is 13.4. The first-order valence-electron chi connectivity index (χ1n) is 12.1. The Balaban J connectivity index is 1.38. The maximum Gasteiger partial charge on any atom is 0.257 e. The van der Waals surface area contributed by atoms with Gasteiger partial charge >= 0.3 is 0 Å².